The molecule has 0 spiro atoms. The van der Waals surface area contributed by atoms with Gasteiger partial charge in [-0.15, -0.1) is 0 Å². The minimum Gasteiger partial charge on any atom is -0.352 e. The Hall–Kier alpha value is -1.30. The van der Waals surface area contributed by atoms with Crippen molar-refractivity contribution in [2.75, 3.05) is 25.5 Å². The molecule has 144 valence electrons. The molecule has 1 aliphatic carbocycles. The summed E-state index contributed by atoms with van der Waals surface area (Å²) in [5.74, 6) is 0.776. The Morgan fingerprint density at radius 2 is 1.73 bits per heavy atom. The summed E-state index contributed by atoms with van der Waals surface area (Å²) >= 11 is 12.1. The molecule has 0 heterocycles. The molecule has 0 unspecified atom stereocenters. The first kappa shape index (κ1) is 21.0. The molecular formula is C19H27Cl2N3O2. The Morgan fingerprint density at radius 3 is 2.38 bits per heavy atom. The number of likely N-dealkylation sites (N-methyl/N-ethyl adjacent to an activating group) is 1. The first-order chi connectivity index (χ1) is 12.3. The number of anilines is 1. The van der Waals surface area contributed by atoms with Gasteiger partial charge in [-0.2, -0.15) is 0 Å². The van der Waals surface area contributed by atoms with Gasteiger partial charge in [0.15, 0.2) is 0 Å². The summed E-state index contributed by atoms with van der Waals surface area (Å²) in [6, 6.07) is 5.25. The highest BCUT2D eigenvalue weighted by molar-refractivity contribution is 6.39. The van der Waals surface area contributed by atoms with Crippen molar-refractivity contribution in [2.45, 2.75) is 39.2 Å². The van der Waals surface area contributed by atoms with Crippen LogP contribution in [0.15, 0.2) is 18.2 Å². The van der Waals surface area contributed by atoms with E-state index in [9.17, 15) is 9.59 Å². The summed E-state index contributed by atoms with van der Waals surface area (Å²) in [6.07, 6.45) is 3.39. The van der Waals surface area contributed by atoms with E-state index in [0.29, 0.717) is 27.6 Å². The molecule has 2 N–H and O–H groups in total. The molecule has 2 rings (SSSR count). The zero-order chi connectivity index (χ0) is 19.3. The van der Waals surface area contributed by atoms with E-state index in [0.717, 1.165) is 12.8 Å². The lowest BCUT2D eigenvalue weighted by Gasteiger charge is -2.34. The van der Waals surface area contributed by atoms with Gasteiger partial charge in [-0.25, -0.2) is 0 Å². The maximum absolute atomic E-state index is 12.3. The van der Waals surface area contributed by atoms with Crippen molar-refractivity contribution < 1.29 is 9.59 Å². The summed E-state index contributed by atoms with van der Waals surface area (Å²) < 4.78 is 0. The third-order valence-corrected chi connectivity index (χ3v) is 5.74. The number of benzene rings is 1. The topological polar surface area (TPSA) is 61.4 Å². The molecule has 0 aromatic heterocycles. The van der Waals surface area contributed by atoms with Crippen LogP contribution in [0.25, 0.3) is 0 Å². The van der Waals surface area contributed by atoms with E-state index < -0.39 is 0 Å². The van der Waals surface area contributed by atoms with E-state index >= 15 is 0 Å². The predicted octanol–water partition coefficient (Wildman–Crippen LogP) is 3.80. The Labute approximate surface area is 165 Å². The lowest BCUT2D eigenvalue weighted by Crippen LogP contribution is -2.47. The minimum atomic E-state index is -0.269. The van der Waals surface area contributed by atoms with Gasteiger partial charge in [0.25, 0.3) is 0 Å². The number of carbonyl (C=O) groups excluding carboxylic acids is 2. The third kappa shape index (κ3) is 5.86. The zero-order valence-electron chi connectivity index (χ0n) is 15.5. The maximum Gasteiger partial charge on any atom is 0.238 e. The molecular weight excluding hydrogens is 373 g/mol. The van der Waals surface area contributed by atoms with Gasteiger partial charge < -0.3 is 10.6 Å². The highest BCUT2D eigenvalue weighted by Crippen LogP contribution is 2.30. The fraction of sp³-hybridized carbons (Fsp3) is 0.579. The predicted molar refractivity (Wildman–Crippen MR) is 107 cm³/mol. The molecule has 26 heavy (non-hydrogen) atoms. The molecule has 3 atom stereocenters. The van der Waals surface area contributed by atoms with Crippen LogP contribution < -0.4 is 10.6 Å². The standard InChI is InChI=1S/C19H27Cl2N3O2/c1-12-6-4-9-16(13(12)2)22-17(25)10-24(3)11-18(26)23-19-14(20)7-5-8-15(19)21/h5,7-8,12-13,16H,4,6,9-11H2,1-3H3,(H,22,25)(H,23,26)/t12-,13+,16+/m0/s1. The SMILES string of the molecule is C[C@@H]1[C@@H](C)CCC[C@H]1NC(=O)CN(C)CC(=O)Nc1c(Cl)cccc1Cl. The van der Waals surface area contributed by atoms with Gasteiger partial charge in [-0.3, -0.25) is 14.5 Å². The van der Waals surface area contributed by atoms with Gasteiger partial charge in [0, 0.05) is 6.04 Å². The quantitative estimate of drug-likeness (QED) is 0.764. The van der Waals surface area contributed by atoms with Crippen molar-refractivity contribution in [2.24, 2.45) is 11.8 Å². The van der Waals surface area contributed by atoms with Crippen LogP contribution in [0.4, 0.5) is 5.69 Å². The highest BCUT2D eigenvalue weighted by atomic mass is 35.5. The van der Waals surface area contributed by atoms with E-state index in [4.69, 9.17) is 23.2 Å². The first-order valence-corrected chi connectivity index (χ1v) is 9.75. The average Bonchev–Trinajstić information content (AvgIpc) is 2.55. The number of para-hydroxylation sites is 1. The van der Waals surface area contributed by atoms with Gasteiger partial charge in [0.1, 0.15) is 0 Å². The van der Waals surface area contributed by atoms with Crippen molar-refractivity contribution in [1.82, 2.24) is 10.2 Å². The molecule has 0 radical (unpaired) electrons. The van der Waals surface area contributed by atoms with Gasteiger partial charge in [0.2, 0.25) is 11.8 Å². The fourth-order valence-electron chi connectivity index (χ4n) is 3.38. The van der Waals surface area contributed by atoms with Crippen LogP contribution in [0.3, 0.4) is 0 Å². The van der Waals surface area contributed by atoms with Crippen LogP contribution in [0.1, 0.15) is 33.1 Å². The van der Waals surface area contributed by atoms with Crippen LogP contribution in [-0.4, -0.2) is 42.9 Å². The summed E-state index contributed by atoms with van der Waals surface area (Å²) in [5, 5.41) is 6.58. The second kappa shape index (κ2) is 9.58. The van der Waals surface area contributed by atoms with Crippen molar-refractivity contribution in [3.8, 4) is 0 Å². The van der Waals surface area contributed by atoms with Crippen LogP contribution in [0, 0.1) is 11.8 Å². The number of hydrogen-bond acceptors (Lipinski definition) is 3. The fourth-order valence-corrected chi connectivity index (χ4v) is 3.87. The molecule has 0 saturated heterocycles. The lowest BCUT2D eigenvalue weighted by atomic mass is 9.78. The van der Waals surface area contributed by atoms with Crippen LogP contribution in [0.5, 0.6) is 0 Å². The van der Waals surface area contributed by atoms with Crippen molar-refractivity contribution >= 4 is 40.7 Å². The summed E-state index contributed by atoms with van der Waals surface area (Å²) in [7, 11) is 1.74. The number of rotatable bonds is 6. The molecule has 0 bridgehead atoms. The first-order valence-electron chi connectivity index (χ1n) is 8.99. The molecule has 2 amide bonds. The number of halogens is 2. The number of carbonyl (C=O) groups is 2. The lowest BCUT2D eigenvalue weighted by molar-refractivity contribution is -0.124. The van der Waals surface area contributed by atoms with E-state index in [1.54, 1.807) is 30.1 Å². The monoisotopic (exact) mass is 399 g/mol. The van der Waals surface area contributed by atoms with E-state index in [2.05, 4.69) is 24.5 Å². The van der Waals surface area contributed by atoms with Gasteiger partial charge >= 0.3 is 0 Å². The normalized spacial score (nSPS) is 22.9. The van der Waals surface area contributed by atoms with E-state index in [1.165, 1.54) is 6.42 Å². The Morgan fingerprint density at radius 1 is 1.12 bits per heavy atom. The largest absolute Gasteiger partial charge is 0.352 e. The van der Waals surface area contributed by atoms with Crippen LogP contribution in [0.2, 0.25) is 10.0 Å². The molecule has 1 saturated carbocycles. The Bertz CT molecular complexity index is 633. The summed E-state index contributed by atoms with van der Waals surface area (Å²) in [4.78, 5) is 26.2. The molecule has 5 nitrogen and oxygen atoms in total. The molecule has 1 aromatic rings. The second-order valence-corrected chi connectivity index (χ2v) is 8.07. The van der Waals surface area contributed by atoms with Gasteiger partial charge in [-0.1, -0.05) is 56.0 Å². The molecule has 7 heteroatoms. The zero-order valence-corrected chi connectivity index (χ0v) is 17.0. The molecule has 1 aliphatic rings. The van der Waals surface area contributed by atoms with Gasteiger partial charge in [0.05, 0.1) is 28.8 Å². The number of nitrogens with one attached hydrogen (secondary N) is 2. The van der Waals surface area contributed by atoms with E-state index in [-0.39, 0.29) is 30.9 Å². The number of nitrogens with zero attached hydrogens (tertiary/aromatic N) is 1. The molecule has 1 fully saturated rings. The third-order valence-electron chi connectivity index (χ3n) is 5.11. The van der Waals surface area contributed by atoms with Crippen molar-refractivity contribution in [3.05, 3.63) is 28.2 Å². The second-order valence-electron chi connectivity index (χ2n) is 7.26. The minimum absolute atomic E-state index is 0.0537. The number of amides is 2. The van der Waals surface area contributed by atoms with Crippen LogP contribution >= 0.6 is 23.2 Å². The average molecular weight is 400 g/mol. The summed E-state index contributed by atoms with van der Waals surface area (Å²) in [5.41, 5.74) is 0.392. The van der Waals surface area contributed by atoms with Crippen molar-refractivity contribution in [3.63, 3.8) is 0 Å². The molecule has 0 aliphatic heterocycles. The van der Waals surface area contributed by atoms with Gasteiger partial charge in [-0.05, 0) is 37.4 Å². The smallest absolute Gasteiger partial charge is 0.238 e. The Balaban J connectivity index is 1.81. The summed E-state index contributed by atoms with van der Waals surface area (Å²) in [6.45, 7) is 4.67. The van der Waals surface area contributed by atoms with Crippen LogP contribution in [-0.2, 0) is 9.59 Å². The highest BCUT2D eigenvalue weighted by Gasteiger charge is 2.28. The molecule has 1 aromatic carbocycles. The van der Waals surface area contributed by atoms with Crippen molar-refractivity contribution in [1.29, 1.82) is 0 Å². The number of hydrogen-bond donors (Lipinski definition) is 2. The Kier molecular flexibility index (Phi) is 7.74. The maximum atomic E-state index is 12.3. The van der Waals surface area contributed by atoms with E-state index in [1.807, 2.05) is 0 Å².